The van der Waals surface area contributed by atoms with Gasteiger partial charge in [-0.05, 0) is 49.4 Å². The lowest BCUT2D eigenvalue weighted by molar-refractivity contribution is 0.102. The number of benzene rings is 2. The quantitative estimate of drug-likeness (QED) is 0.687. The molecule has 4 rings (SSSR count). The van der Waals surface area contributed by atoms with E-state index in [0.717, 1.165) is 16.9 Å². The second-order valence-electron chi connectivity index (χ2n) is 6.73. The third-order valence-corrected chi connectivity index (χ3v) is 4.84. The van der Waals surface area contributed by atoms with Crippen molar-refractivity contribution < 1.29 is 23.7 Å². The van der Waals surface area contributed by atoms with Crippen molar-refractivity contribution in [2.75, 3.05) is 32.8 Å². The summed E-state index contributed by atoms with van der Waals surface area (Å²) in [6.45, 7) is 2.93. The second-order valence-corrected chi connectivity index (χ2v) is 6.73. The molecule has 154 valence electrons. The number of fused-ring (bicyclic) bond motifs is 1. The Balaban J connectivity index is 1.59. The third-order valence-electron chi connectivity index (χ3n) is 4.84. The molecule has 0 saturated carbocycles. The Morgan fingerprint density at radius 3 is 2.37 bits per heavy atom. The molecule has 1 amide bonds. The average molecular weight is 406 g/mol. The number of carbonyl (C=O) groups is 1. The van der Waals surface area contributed by atoms with Gasteiger partial charge in [-0.25, -0.2) is 4.98 Å². The maximum Gasteiger partial charge on any atom is 0.257 e. The number of carbonyl (C=O) groups excluding carboxylic acids is 1. The zero-order valence-corrected chi connectivity index (χ0v) is 17.0. The van der Waals surface area contributed by atoms with Crippen molar-refractivity contribution in [2.45, 2.75) is 6.92 Å². The second kappa shape index (κ2) is 8.32. The molecule has 7 heteroatoms. The van der Waals surface area contributed by atoms with E-state index in [1.807, 2.05) is 37.3 Å². The van der Waals surface area contributed by atoms with E-state index in [9.17, 15) is 4.79 Å². The van der Waals surface area contributed by atoms with Crippen LogP contribution in [0.4, 0.5) is 5.82 Å². The van der Waals surface area contributed by atoms with Gasteiger partial charge in [-0.3, -0.25) is 4.79 Å². The molecule has 0 bridgehead atoms. The number of methoxy groups -OCH3 is 2. The summed E-state index contributed by atoms with van der Waals surface area (Å²) in [5.41, 5.74) is 2.83. The lowest BCUT2D eigenvalue weighted by Gasteiger charge is -2.18. The van der Waals surface area contributed by atoms with Crippen LogP contribution in [-0.2, 0) is 0 Å². The Morgan fingerprint density at radius 2 is 1.67 bits per heavy atom. The van der Waals surface area contributed by atoms with Gasteiger partial charge in [-0.2, -0.15) is 0 Å². The van der Waals surface area contributed by atoms with E-state index in [1.165, 1.54) is 0 Å². The molecule has 1 aliphatic rings. The van der Waals surface area contributed by atoms with Crippen LogP contribution in [0, 0.1) is 6.92 Å². The highest BCUT2D eigenvalue weighted by atomic mass is 16.6. The summed E-state index contributed by atoms with van der Waals surface area (Å²) in [5.74, 6) is 2.70. The number of ether oxygens (including phenoxy) is 4. The van der Waals surface area contributed by atoms with Crippen LogP contribution >= 0.6 is 0 Å². The summed E-state index contributed by atoms with van der Waals surface area (Å²) < 4.78 is 21.9. The molecule has 0 unspecified atom stereocenters. The van der Waals surface area contributed by atoms with Crippen LogP contribution in [-0.4, -0.2) is 38.3 Å². The van der Waals surface area contributed by atoms with Gasteiger partial charge in [0.2, 0.25) is 0 Å². The van der Waals surface area contributed by atoms with Crippen molar-refractivity contribution in [3.63, 3.8) is 0 Å². The molecule has 7 nitrogen and oxygen atoms in total. The molecule has 0 atom stereocenters. The fourth-order valence-electron chi connectivity index (χ4n) is 3.27. The van der Waals surface area contributed by atoms with E-state index in [-0.39, 0.29) is 5.91 Å². The molecule has 0 radical (unpaired) electrons. The van der Waals surface area contributed by atoms with Gasteiger partial charge in [0, 0.05) is 16.7 Å². The maximum absolute atomic E-state index is 12.8. The molecule has 2 heterocycles. The number of nitrogens with one attached hydrogen (secondary N) is 1. The van der Waals surface area contributed by atoms with Crippen molar-refractivity contribution in [1.82, 2.24) is 4.98 Å². The van der Waals surface area contributed by atoms with Crippen LogP contribution in [0.2, 0.25) is 0 Å². The fourth-order valence-corrected chi connectivity index (χ4v) is 3.27. The Bertz CT molecular complexity index is 1070. The van der Waals surface area contributed by atoms with Gasteiger partial charge in [0.05, 0.1) is 19.9 Å². The maximum atomic E-state index is 12.8. The first kappa shape index (κ1) is 19.6. The molecular formula is C23H22N2O5. The van der Waals surface area contributed by atoms with E-state index in [4.69, 9.17) is 18.9 Å². The molecular weight excluding hydrogens is 384 g/mol. The number of amides is 1. The minimum atomic E-state index is -0.307. The molecule has 3 aromatic rings. The smallest absolute Gasteiger partial charge is 0.257 e. The fraction of sp³-hybridized carbons (Fsp3) is 0.217. The lowest BCUT2D eigenvalue weighted by atomic mass is 10.1. The molecule has 1 N–H and O–H groups in total. The van der Waals surface area contributed by atoms with Crippen LogP contribution < -0.4 is 24.3 Å². The lowest BCUT2D eigenvalue weighted by Crippen LogP contribution is -2.15. The van der Waals surface area contributed by atoms with Gasteiger partial charge in [-0.1, -0.05) is 6.07 Å². The Labute approximate surface area is 174 Å². The van der Waals surface area contributed by atoms with E-state index in [1.54, 1.807) is 32.4 Å². The molecule has 30 heavy (non-hydrogen) atoms. The van der Waals surface area contributed by atoms with Crippen LogP contribution in [0.3, 0.4) is 0 Å². The van der Waals surface area contributed by atoms with Crippen molar-refractivity contribution in [3.8, 4) is 34.3 Å². The molecule has 1 aliphatic heterocycles. The molecule has 0 aliphatic carbocycles. The highest BCUT2D eigenvalue weighted by molar-refractivity contribution is 6.04. The molecule has 0 saturated heterocycles. The van der Waals surface area contributed by atoms with Gasteiger partial charge in [0.15, 0.2) is 11.5 Å². The van der Waals surface area contributed by atoms with Gasteiger partial charge in [0.1, 0.15) is 30.5 Å². The zero-order chi connectivity index (χ0) is 21.1. The number of pyridine rings is 1. The van der Waals surface area contributed by atoms with Crippen LogP contribution in [0.15, 0.2) is 48.5 Å². The number of aromatic nitrogens is 1. The standard InChI is InChI=1S/C23H22N2O5/c1-14-19(27-2)12-16(13-20(14)28-3)23(26)25-22-6-4-5-17(24-22)15-7-8-18-21(11-15)30-10-9-29-18/h4-8,11-13H,9-10H2,1-3H3,(H,24,25,26). The number of hydrogen-bond acceptors (Lipinski definition) is 6. The molecule has 0 spiro atoms. The Morgan fingerprint density at radius 1 is 0.967 bits per heavy atom. The topological polar surface area (TPSA) is 78.9 Å². The first-order valence-corrected chi connectivity index (χ1v) is 9.50. The summed E-state index contributed by atoms with van der Waals surface area (Å²) in [6.07, 6.45) is 0. The molecule has 1 aromatic heterocycles. The normalized spacial score (nSPS) is 12.2. The van der Waals surface area contributed by atoms with Gasteiger partial charge < -0.3 is 24.3 Å². The number of rotatable bonds is 5. The van der Waals surface area contributed by atoms with E-state index >= 15 is 0 Å². The highest BCUT2D eigenvalue weighted by Crippen LogP contribution is 2.34. The minimum Gasteiger partial charge on any atom is -0.496 e. The average Bonchev–Trinajstić information content (AvgIpc) is 2.79. The molecule has 2 aromatic carbocycles. The predicted octanol–water partition coefficient (Wildman–Crippen LogP) is 4.10. The summed E-state index contributed by atoms with van der Waals surface area (Å²) in [7, 11) is 3.11. The van der Waals surface area contributed by atoms with Crippen LogP contribution in [0.25, 0.3) is 11.3 Å². The highest BCUT2D eigenvalue weighted by Gasteiger charge is 2.16. The van der Waals surface area contributed by atoms with Crippen molar-refractivity contribution in [1.29, 1.82) is 0 Å². The zero-order valence-electron chi connectivity index (χ0n) is 17.0. The van der Waals surface area contributed by atoms with Gasteiger partial charge >= 0.3 is 0 Å². The predicted molar refractivity (Wildman–Crippen MR) is 113 cm³/mol. The monoisotopic (exact) mass is 406 g/mol. The van der Waals surface area contributed by atoms with Crippen molar-refractivity contribution >= 4 is 11.7 Å². The molecule has 0 fully saturated rings. The van der Waals surface area contributed by atoms with Gasteiger partial charge in [-0.15, -0.1) is 0 Å². The number of anilines is 1. The van der Waals surface area contributed by atoms with Crippen molar-refractivity contribution in [2.24, 2.45) is 0 Å². The summed E-state index contributed by atoms with van der Waals surface area (Å²) >= 11 is 0. The largest absolute Gasteiger partial charge is 0.496 e. The van der Waals surface area contributed by atoms with Crippen LogP contribution in [0.1, 0.15) is 15.9 Å². The van der Waals surface area contributed by atoms with Crippen LogP contribution in [0.5, 0.6) is 23.0 Å². The number of nitrogens with zero attached hydrogens (tertiary/aromatic N) is 1. The first-order chi connectivity index (χ1) is 14.6. The minimum absolute atomic E-state index is 0.307. The first-order valence-electron chi connectivity index (χ1n) is 9.50. The Hall–Kier alpha value is -3.74. The summed E-state index contributed by atoms with van der Waals surface area (Å²) in [6, 6.07) is 14.5. The van der Waals surface area contributed by atoms with E-state index in [2.05, 4.69) is 10.3 Å². The van der Waals surface area contributed by atoms with E-state index < -0.39 is 0 Å². The SMILES string of the molecule is COc1cc(C(=O)Nc2cccc(-c3ccc4c(c3)OCCO4)n2)cc(OC)c1C. The summed E-state index contributed by atoms with van der Waals surface area (Å²) in [4.78, 5) is 17.4. The summed E-state index contributed by atoms with van der Waals surface area (Å²) in [5, 5.41) is 2.84. The Kier molecular flexibility index (Phi) is 5.43. The van der Waals surface area contributed by atoms with E-state index in [0.29, 0.717) is 47.5 Å². The number of hydrogen-bond donors (Lipinski definition) is 1. The van der Waals surface area contributed by atoms with Crippen molar-refractivity contribution in [3.05, 3.63) is 59.7 Å². The van der Waals surface area contributed by atoms with Gasteiger partial charge in [0.25, 0.3) is 5.91 Å². The third kappa shape index (κ3) is 3.87.